The van der Waals surface area contributed by atoms with Crippen molar-refractivity contribution < 1.29 is 19.1 Å². The fraction of sp³-hybridized carbons (Fsp3) is 0.103. The van der Waals surface area contributed by atoms with Crippen LogP contribution in [0.25, 0.3) is 16.8 Å². The van der Waals surface area contributed by atoms with E-state index in [1.54, 1.807) is 61.7 Å². The Morgan fingerprint density at radius 3 is 2.34 bits per heavy atom. The number of fused-ring (bicyclic) bond motifs is 1. The monoisotopic (exact) mass is 466 g/mol. The molecule has 0 fully saturated rings. The standard InChI is InChI=1S/C29H26N2O4/c1-3-35-27-17-16-21(24-14-7-8-15-25(24)27)18-26(31-28(32)20-10-5-4-6-11-20)29(33)30-22-12-9-13-23(19-22)34-2/h4-19H,3H2,1-2H3,(H,30,33)(H,31,32). The van der Waals surface area contributed by atoms with Crippen molar-refractivity contribution in [2.75, 3.05) is 19.0 Å². The predicted octanol–water partition coefficient (Wildman–Crippen LogP) is 5.66. The third kappa shape index (κ3) is 5.68. The Balaban J connectivity index is 1.74. The number of hydrogen-bond acceptors (Lipinski definition) is 4. The van der Waals surface area contributed by atoms with Gasteiger partial charge in [-0.15, -0.1) is 0 Å². The average Bonchev–Trinajstić information content (AvgIpc) is 2.90. The van der Waals surface area contributed by atoms with Crippen molar-refractivity contribution in [2.45, 2.75) is 6.92 Å². The third-order valence-corrected chi connectivity index (χ3v) is 5.37. The van der Waals surface area contributed by atoms with Crippen molar-refractivity contribution in [1.29, 1.82) is 0 Å². The normalized spacial score (nSPS) is 11.1. The fourth-order valence-corrected chi connectivity index (χ4v) is 3.70. The number of rotatable bonds is 8. The van der Waals surface area contributed by atoms with Gasteiger partial charge in [-0.3, -0.25) is 9.59 Å². The quantitative estimate of drug-likeness (QED) is 0.329. The smallest absolute Gasteiger partial charge is 0.272 e. The van der Waals surface area contributed by atoms with Gasteiger partial charge >= 0.3 is 0 Å². The SMILES string of the molecule is CCOc1ccc(C=C(NC(=O)c2ccccc2)C(=O)Nc2cccc(OC)c2)c2ccccc12. The Hall–Kier alpha value is -4.58. The number of ether oxygens (including phenoxy) is 2. The molecule has 6 heteroatoms. The van der Waals surface area contributed by atoms with Crippen molar-refractivity contribution >= 4 is 34.4 Å². The third-order valence-electron chi connectivity index (χ3n) is 5.37. The lowest BCUT2D eigenvalue weighted by Gasteiger charge is -2.14. The first-order valence-electron chi connectivity index (χ1n) is 11.3. The molecule has 0 saturated carbocycles. The minimum atomic E-state index is -0.458. The second-order valence-corrected chi connectivity index (χ2v) is 7.70. The van der Waals surface area contributed by atoms with Crippen molar-refractivity contribution in [3.05, 3.63) is 108 Å². The number of anilines is 1. The average molecular weight is 467 g/mol. The highest BCUT2D eigenvalue weighted by molar-refractivity contribution is 6.11. The van der Waals surface area contributed by atoms with Gasteiger partial charge in [-0.05, 0) is 54.3 Å². The molecule has 0 heterocycles. The van der Waals surface area contributed by atoms with Crippen molar-refractivity contribution in [1.82, 2.24) is 5.32 Å². The van der Waals surface area contributed by atoms with E-state index in [2.05, 4.69) is 10.6 Å². The van der Waals surface area contributed by atoms with Crippen molar-refractivity contribution in [2.24, 2.45) is 0 Å². The van der Waals surface area contributed by atoms with Gasteiger partial charge in [-0.2, -0.15) is 0 Å². The molecule has 0 atom stereocenters. The van der Waals surface area contributed by atoms with Crippen LogP contribution >= 0.6 is 0 Å². The largest absolute Gasteiger partial charge is 0.497 e. The topological polar surface area (TPSA) is 76.7 Å². The van der Waals surface area contributed by atoms with Gasteiger partial charge in [0.15, 0.2) is 0 Å². The fourth-order valence-electron chi connectivity index (χ4n) is 3.70. The molecule has 35 heavy (non-hydrogen) atoms. The molecule has 4 rings (SSSR count). The predicted molar refractivity (Wildman–Crippen MR) is 139 cm³/mol. The number of benzene rings is 4. The molecule has 4 aromatic rings. The maximum absolute atomic E-state index is 13.3. The molecule has 0 spiro atoms. The zero-order valence-corrected chi connectivity index (χ0v) is 19.6. The van der Waals surface area contributed by atoms with Crippen LogP contribution in [0, 0.1) is 0 Å². The number of amides is 2. The summed E-state index contributed by atoms with van der Waals surface area (Å²) in [6.07, 6.45) is 1.68. The van der Waals surface area contributed by atoms with Gasteiger partial charge in [0.1, 0.15) is 17.2 Å². The number of hydrogen-bond donors (Lipinski definition) is 2. The molecule has 4 aromatic carbocycles. The second-order valence-electron chi connectivity index (χ2n) is 7.70. The number of carbonyl (C=O) groups is 2. The molecule has 2 amide bonds. The highest BCUT2D eigenvalue weighted by atomic mass is 16.5. The number of methoxy groups -OCH3 is 1. The second kappa shape index (κ2) is 11.0. The van der Waals surface area contributed by atoms with Crippen LogP contribution in [0.15, 0.2) is 96.7 Å². The molecule has 0 aliphatic carbocycles. The summed E-state index contributed by atoms with van der Waals surface area (Å²) < 4.78 is 11.0. The van der Waals surface area contributed by atoms with Crippen molar-refractivity contribution in [3.8, 4) is 11.5 Å². The zero-order valence-electron chi connectivity index (χ0n) is 19.6. The van der Waals surface area contributed by atoms with E-state index in [-0.39, 0.29) is 11.6 Å². The highest BCUT2D eigenvalue weighted by Gasteiger charge is 2.16. The van der Waals surface area contributed by atoms with Crippen LogP contribution in [0.1, 0.15) is 22.8 Å². The molecule has 0 aliphatic heterocycles. The summed E-state index contributed by atoms with van der Waals surface area (Å²) in [5.74, 6) is 0.531. The van der Waals surface area contributed by atoms with E-state index >= 15 is 0 Å². The van der Waals surface area contributed by atoms with Gasteiger partial charge in [-0.25, -0.2) is 0 Å². The van der Waals surface area contributed by atoms with E-state index in [1.807, 2.05) is 49.4 Å². The number of carbonyl (C=O) groups excluding carboxylic acids is 2. The molecule has 0 saturated heterocycles. The Kier molecular flexibility index (Phi) is 7.43. The molecule has 176 valence electrons. The van der Waals surface area contributed by atoms with E-state index < -0.39 is 5.91 Å². The summed E-state index contributed by atoms with van der Waals surface area (Å²) in [6, 6.07) is 27.3. The van der Waals surface area contributed by atoms with E-state index in [0.29, 0.717) is 23.6 Å². The molecule has 6 nitrogen and oxygen atoms in total. The summed E-state index contributed by atoms with van der Waals surface area (Å²) in [6.45, 7) is 2.48. The van der Waals surface area contributed by atoms with Gasteiger partial charge in [0.2, 0.25) is 0 Å². The van der Waals surface area contributed by atoms with Crippen LogP contribution in [-0.4, -0.2) is 25.5 Å². The maximum atomic E-state index is 13.3. The molecule has 0 aliphatic rings. The molecular weight excluding hydrogens is 440 g/mol. The van der Waals surface area contributed by atoms with Crippen LogP contribution in [-0.2, 0) is 4.79 Å². The number of nitrogens with one attached hydrogen (secondary N) is 2. The lowest BCUT2D eigenvalue weighted by molar-refractivity contribution is -0.113. The summed E-state index contributed by atoms with van der Waals surface area (Å²) in [4.78, 5) is 26.3. The van der Waals surface area contributed by atoms with Gasteiger partial charge < -0.3 is 20.1 Å². The summed E-state index contributed by atoms with van der Waals surface area (Å²) in [5, 5.41) is 7.45. The van der Waals surface area contributed by atoms with Gasteiger partial charge in [0.05, 0.1) is 13.7 Å². The first-order chi connectivity index (χ1) is 17.1. The molecule has 0 unspecified atom stereocenters. The van der Waals surface area contributed by atoms with Gasteiger partial charge in [0, 0.05) is 22.7 Å². The first-order valence-corrected chi connectivity index (χ1v) is 11.3. The molecule has 0 aromatic heterocycles. The highest BCUT2D eigenvalue weighted by Crippen LogP contribution is 2.30. The lowest BCUT2D eigenvalue weighted by Crippen LogP contribution is -2.30. The van der Waals surface area contributed by atoms with Crippen LogP contribution in [0.4, 0.5) is 5.69 Å². The van der Waals surface area contributed by atoms with Crippen LogP contribution in [0.5, 0.6) is 11.5 Å². The van der Waals surface area contributed by atoms with Crippen LogP contribution < -0.4 is 20.1 Å². The van der Waals surface area contributed by atoms with E-state index in [9.17, 15) is 9.59 Å². The Morgan fingerprint density at radius 1 is 0.857 bits per heavy atom. The van der Waals surface area contributed by atoms with E-state index in [4.69, 9.17) is 9.47 Å². The van der Waals surface area contributed by atoms with E-state index in [0.717, 1.165) is 22.1 Å². The maximum Gasteiger partial charge on any atom is 0.272 e. The summed E-state index contributed by atoms with van der Waals surface area (Å²) in [5.41, 5.74) is 1.87. The van der Waals surface area contributed by atoms with E-state index in [1.165, 1.54) is 0 Å². The Morgan fingerprint density at radius 2 is 1.60 bits per heavy atom. The molecule has 0 bridgehead atoms. The van der Waals surface area contributed by atoms with Crippen LogP contribution in [0.2, 0.25) is 0 Å². The van der Waals surface area contributed by atoms with Crippen LogP contribution in [0.3, 0.4) is 0 Å². The van der Waals surface area contributed by atoms with Gasteiger partial charge in [-0.1, -0.05) is 54.6 Å². The lowest BCUT2D eigenvalue weighted by atomic mass is 10.0. The summed E-state index contributed by atoms with van der Waals surface area (Å²) in [7, 11) is 1.56. The first kappa shape index (κ1) is 23.6. The van der Waals surface area contributed by atoms with Gasteiger partial charge in [0.25, 0.3) is 11.8 Å². The minimum absolute atomic E-state index is 0.107. The zero-order chi connectivity index (χ0) is 24.6. The molecule has 0 radical (unpaired) electrons. The molecular formula is C29H26N2O4. The Bertz CT molecular complexity index is 1380. The molecule has 2 N–H and O–H groups in total. The van der Waals surface area contributed by atoms with Crippen molar-refractivity contribution in [3.63, 3.8) is 0 Å². The minimum Gasteiger partial charge on any atom is -0.497 e. The Labute approximate surface area is 204 Å². The summed E-state index contributed by atoms with van der Waals surface area (Å²) >= 11 is 0.